The Morgan fingerprint density at radius 1 is 1.33 bits per heavy atom. The third kappa shape index (κ3) is 3.16. The van der Waals surface area contributed by atoms with Crippen LogP contribution in [0.1, 0.15) is 25.5 Å². The average Bonchev–Trinajstić information content (AvgIpc) is 2.77. The number of nitrogens with two attached hydrogens (primary N) is 1. The van der Waals surface area contributed by atoms with Gasteiger partial charge in [-0.25, -0.2) is 4.79 Å². The van der Waals surface area contributed by atoms with E-state index in [1.54, 1.807) is 35.2 Å². The van der Waals surface area contributed by atoms with Gasteiger partial charge in [0, 0.05) is 29.8 Å². The highest BCUT2D eigenvalue weighted by molar-refractivity contribution is 5.92. The molecule has 3 N–H and O–H groups in total. The lowest BCUT2D eigenvalue weighted by Gasteiger charge is -2.10. The molecule has 2 aromatic rings. The third-order valence-corrected chi connectivity index (χ3v) is 3.39. The SMILES string of the molecule is Cc1c(N)cccc1NC(=O)Cn1ccn(C(C)C)c1=O. The molecule has 0 aliphatic rings. The molecule has 6 nitrogen and oxygen atoms in total. The molecule has 0 unspecified atom stereocenters. The Morgan fingerprint density at radius 3 is 2.67 bits per heavy atom. The molecular formula is C15H20N4O2. The second-order valence-electron chi connectivity index (χ2n) is 5.28. The number of amides is 1. The lowest BCUT2D eigenvalue weighted by Crippen LogP contribution is -2.29. The standard InChI is InChI=1S/C15H20N4O2/c1-10(2)19-8-7-18(15(19)21)9-14(20)17-13-6-4-5-12(16)11(13)3/h4-8,10H,9,16H2,1-3H3,(H,17,20). The molecule has 112 valence electrons. The van der Waals surface area contributed by atoms with Crippen molar-refractivity contribution in [2.45, 2.75) is 33.4 Å². The van der Waals surface area contributed by atoms with Crippen LogP contribution in [0.15, 0.2) is 35.4 Å². The molecule has 1 heterocycles. The van der Waals surface area contributed by atoms with Gasteiger partial charge >= 0.3 is 5.69 Å². The van der Waals surface area contributed by atoms with Gasteiger partial charge in [0.1, 0.15) is 6.54 Å². The van der Waals surface area contributed by atoms with Gasteiger partial charge in [0.15, 0.2) is 0 Å². The normalized spacial score (nSPS) is 10.9. The van der Waals surface area contributed by atoms with Crippen LogP contribution in [-0.4, -0.2) is 15.0 Å². The van der Waals surface area contributed by atoms with Crippen LogP contribution in [0.4, 0.5) is 11.4 Å². The Morgan fingerprint density at radius 2 is 2.05 bits per heavy atom. The Labute approximate surface area is 123 Å². The van der Waals surface area contributed by atoms with Crippen molar-refractivity contribution in [3.8, 4) is 0 Å². The zero-order valence-electron chi connectivity index (χ0n) is 12.5. The van der Waals surface area contributed by atoms with E-state index >= 15 is 0 Å². The smallest absolute Gasteiger partial charge is 0.328 e. The summed E-state index contributed by atoms with van der Waals surface area (Å²) in [4.78, 5) is 24.1. The highest BCUT2D eigenvalue weighted by atomic mass is 16.2. The van der Waals surface area contributed by atoms with Crippen molar-refractivity contribution in [2.75, 3.05) is 11.1 Å². The zero-order valence-corrected chi connectivity index (χ0v) is 12.5. The molecule has 6 heteroatoms. The molecule has 0 spiro atoms. The minimum absolute atomic E-state index is 0.0210. The number of carbonyl (C=O) groups excluding carboxylic acids is 1. The van der Waals surface area contributed by atoms with E-state index in [0.29, 0.717) is 11.4 Å². The summed E-state index contributed by atoms with van der Waals surface area (Å²) in [5.41, 5.74) is 7.71. The maximum atomic E-state index is 12.1. The van der Waals surface area contributed by atoms with Gasteiger partial charge in [0.25, 0.3) is 0 Å². The van der Waals surface area contributed by atoms with E-state index in [-0.39, 0.29) is 24.2 Å². The summed E-state index contributed by atoms with van der Waals surface area (Å²) >= 11 is 0. The molecule has 0 radical (unpaired) electrons. The Hall–Kier alpha value is -2.50. The molecule has 21 heavy (non-hydrogen) atoms. The maximum Gasteiger partial charge on any atom is 0.328 e. The summed E-state index contributed by atoms with van der Waals surface area (Å²) in [5, 5.41) is 2.78. The van der Waals surface area contributed by atoms with Crippen molar-refractivity contribution in [3.63, 3.8) is 0 Å². The monoisotopic (exact) mass is 288 g/mol. The number of nitrogen functional groups attached to an aromatic ring is 1. The van der Waals surface area contributed by atoms with Crippen LogP contribution in [0.2, 0.25) is 0 Å². The van der Waals surface area contributed by atoms with Gasteiger partial charge in [-0.05, 0) is 38.5 Å². The van der Waals surface area contributed by atoms with Gasteiger partial charge in [0.2, 0.25) is 5.91 Å². The average molecular weight is 288 g/mol. The Bertz CT molecular complexity index is 713. The summed E-state index contributed by atoms with van der Waals surface area (Å²) in [7, 11) is 0. The first-order chi connectivity index (χ1) is 9.90. The van der Waals surface area contributed by atoms with Gasteiger partial charge in [-0.2, -0.15) is 0 Å². The number of hydrogen-bond donors (Lipinski definition) is 2. The largest absolute Gasteiger partial charge is 0.398 e. The van der Waals surface area contributed by atoms with E-state index in [9.17, 15) is 9.59 Å². The number of benzene rings is 1. The van der Waals surface area contributed by atoms with Crippen molar-refractivity contribution in [3.05, 3.63) is 46.6 Å². The summed E-state index contributed by atoms with van der Waals surface area (Å²) in [5.74, 6) is -0.257. The van der Waals surface area contributed by atoms with E-state index in [2.05, 4.69) is 5.32 Å². The first kappa shape index (κ1) is 14.9. The van der Waals surface area contributed by atoms with Crippen LogP contribution in [0.25, 0.3) is 0 Å². The van der Waals surface area contributed by atoms with Crippen LogP contribution in [-0.2, 0) is 11.3 Å². The van der Waals surface area contributed by atoms with Crippen LogP contribution < -0.4 is 16.7 Å². The molecule has 2 rings (SSSR count). The Balaban J connectivity index is 2.12. The number of hydrogen-bond acceptors (Lipinski definition) is 3. The fraction of sp³-hybridized carbons (Fsp3) is 0.333. The summed E-state index contributed by atoms with van der Waals surface area (Å²) < 4.78 is 2.97. The summed E-state index contributed by atoms with van der Waals surface area (Å²) in [6.07, 6.45) is 3.31. The number of carbonyl (C=O) groups is 1. The molecule has 1 amide bonds. The second kappa shape index (κ2) is 5.87. The first-order valence-electron chi connectivity index (χ1n) is 6.82. The number of nitrogens with one attached hydrogen (secondary N) is 1. The minimum atomic E-state index is -0.257. The molecule has 0 bridgehead atoms. The van der Waals surface area contributed by atoms with Gasteiger partial charge in [-0.15, -0.1) is 0 Å². The van der Waals surface area contributed by atoms with Crippen LogP contribution >= 0.6 is 0 Å². The van der Waals surface area contributed by atoms with Crippen LogP contribution in [0, 0.1) is 6.92 Å². The van der Waals surface area contributed by atoms with Crippen molar-refractivity contribution in [2.24, 2.45) is 0 Å². The van der Waals surface area contributed by atoms with Gasteiger partial charge < -0.3 is 11.1 Å². The number of imidazole rings is 1. The van der Waals surface area contributed by atoms with Crippen molar-refractivity contribution >= 4 is 17.3 Å². The predicted octanol–water partition coefficient (Wildman–Crippen LogP) is 1.76. The molecule has 1 aromatic heterocycles. The van der Waals surface area contributed by atoms with E-state index in [0.717, 1.165) is 5.56 Å². The molecule has 0 aliphatic heterocycles. The van der Waals surface area contributed by atoms with Gasteiger partial charge in [0.05, 0.1) is 0 Å². The molecule has 0 aliphatic carbocycles. The Kier molecular flexibility index (Phi) is 4.16. The van der Waals surface area contributed by atoms with E-state index < -0.39 is 0 Å². The highest BCUT2D eigenvalue weighted by Crippen LogP contribution is 2.20. The first-order valence-corrected chi connectivity index (χ1v) is 6.82. The van der Waals surface area contributed by atoms with E-state index in [4.69, 9.17) is 5.73 Å². The fourth-order valence-corrected chi connectivity index (χ4v) is 2.07. The summed E-state index contributed by atoms with van der Waals surface area (Å²) in [6.45, 7) is 5.66. The van der Waals surface area contributed by atoms with Crippen LogP contribution in [0.5, 0.6) is 0 Å². The van der Waals surface area contributed by atoms with Gasteiger partial charge in [-0.1, -0.05) is 6.07 Å². The third-order valence-electron chi connectivity index (χ3n) is 3.39. The number of aromatic nitrogens is 2. The summed E-state index contributed by atoms with van der Waals surface area (Å²) in [6, 6.07) is 5.40. The molecule has 1 aromatic carbocycles. The molecule has 0 atom stereocenters. The lowest BCUT2D eigenvalue weighted by atomic mass is 10.1. The maximum absolute atomic E-state index is 12.1. The quantitative estimate of drug-likeness (QED) is 0.841. The molecule has 0 fully saturated rings. The lowest BCUT2D eigenvalue weighted by molar-refractivity contribution is -0.116. The molecular weight excluding hydrogens is 268 g/mol. The van der Waals surface area contributed by atoms with Crippen molar-refractivity contribution in [1.29, 1.82) is 0 Å². The number of nitrogens with zero attached hydrogens (tertiary/aromatic N) is 2. The van der Waals surface area contributed by atoms with Crippen molar-refractivity contribution < 1.29 is 4.79 Å². The number of anilines is 2. The predicted molar refractivity (Wildman–Crippen MR) is 83.3 cm³/mol. The highest BCUT2D eigenvalue weighted by Gasteiger charge is 2.11. The minimum Gasteiger partial charge on any atom is -0.398 e. The topological polar surface area (TPSA) is 82.0 Å². The second-order valence-corrected chi connectivity index (χ2v) is 5.28. The molecule has 0 saturated heterocycles. The van der Waals surface area contributed by atoms with Crippen LogP contribution in [0.3, 0.4) is 0 Å². The van der Waals surface area contributed by atoms with E-state index in [1.807, 2.05) is 20.8 Å². The number of rotatable bonds is 4. The van der Waals surface area contributed by atoms with Crippen molar-refractivity contribution in [1.82, 2.24) is 9.13 Å². The molecule has 0 saturated carbocycles. The fourth-order valence-electron chi connectivity index (χ4n) is 2.07. The van der Waals surface area contributed by atoms with E-state index in [1.165, 1.54) is 4.57 Å². The zero-order chi connectivity index (χ0) is 15.6. The van der Waals surface area contributed by atoms with Gasteiger partial charge in [-0.3, -0.25) is 13.9 Å².